The quantitative estimate of drug-likeness (QED) is 0.774. The molecular weight excluding hydrogens is 224 g/mol. The van der Waals surface area contributed by atoms with Gasteiger partial charge in [-0.3, -0.25) is 0 Å². The molecule has 0 aromatic heterocycles. The predicted octanol–water partition coefficient (Wildman–Crippen LogP) is 3.03. The summed E-state index contributed by atoms with van der Waals surface area (Å²) < 4.78 is 5.78. The van der Waals surface area contributed by atoms with Gasteiger partial charge in [-0.15, -0.1) is 0 Å². The average molecular weight is 246 g/mol. The molecule has 0 aliphatic rings. The van der Waals surface area contributed by atoms with Crippen molar-refractivity contribution in [3.8, 4) is 11.8 Å². The maximum absolute atomic E-state index is 8.77. The number of hydrogen-bond donors (Lipinski definition) is 0. The summed E-state index contributed by atoms with van der Waals surface area (Å²) in [5.74, 6) is 1.38. The standard InChI is InChI=1S/C15H22N2O/c1-12(2)13-6-5-7-15(10-13)18-11-14(8-9-16)17(3)4/h5-7,10,12,14H,8,11H2,1-4H3. The molecule has 3 heteroatoms. The van der Waals surface area contributed by atoms with Crippen LogP contribution in [-0.4, -0.2) is 31.6 Å². The molecular formula is C15H22N2O. The largest absolute Gasteiger partial charge is 0.492 e. The zero-order chi connectivity index (χ0) is 13.5. The number of likely N-dealkylation sites (N-methyl/N-ethyl adjacent to an activating group) is 1. The van der Waals surface area contributed by atoms with Crippen LogP contribution in [0, 0.1) is 11.3 Å². The molecule has 0 amide bonds. The van der Waals surface area contributed by atoms with Crippen LogP contribution in [0.25, 0.3) is 0 Å². The number of hydrogen-bond acceptors (Lipinski definition) is 3. The molecule has 0 heterocycles. The molecule has 1 aromatic carbocycles. The Bertz CT molecular complexity index is 407. The molecule has 1 rings (SSSR count). The highest BCUT2D eigenvalue weighted by molar-refractivity contribution is 5.30. The second-order valence-corrected chi connectivity index (χ2v) is 5.02. The fourth-order valence-corrected chi connectivity index (χ4v) is 1.65. The van der Waals surface area contributed by atoms with Crippen molar-refractivity contribution in [2.45, 2.75) is 32.2 Å². The van der Waals surface area contributed by atoms with Crippen LogP contribution in [0.1, 0.15) is 31.7 Å². The van der Waals surface area contributed by atoms with E-state index in [4.69, 9.17) is 10.00 Å². The lowest BCUT2D eigenvalue weighted by atomic mass is 10.0. The summed E-state index contributed by atoms with van der Waals surface area (Å²) in [5.41, 5.74) is 1.27. The number of ether oxygens (including phenoxy) is 1. The SMILES string of the molecule is CC(C)c1cccc(OCC(CC#N)N(C)C)c1. The van der Waals surface area contributed by atoms with Crippen molar-refractivity contribution in [3.63, 3.8) is 0 Å². The topological polar surface area (TPSA) is 36.3 Å². The molecule has 0 saturated heterocycles. The summed E-state index contributed by atoms with van der Waals surface area (Å²) in [6, 6.07) is 10.5. The molecule has 0 radical (unpaired) electrons. The summed E-state index contributed by atoms with van der Waals surface area (Å²) in [6.07, 6.45) is 0.483. The molecule has 0 fully saturated rings. The predicted molar refractivity (Wildman–Crippen MR) is 73.7 cm³/mol. The molecule has 98 valence electrons. The minimum Gasteiger partial charge on any atom is -0.492 e. The zero-order valence-corrected chi connectivity index (χ0v) is 11.7. The van der Waals surface area contributed by atoms with Crippen molar-refractivity contribution in [2.24, 2.45) is 0 Å². The highest BCUT2D eigenvalue weighted by Gasteiger charge is 2.12. The number of benzene rings is 1. The normalized spacial score (nSPS) is 12.5. The van der Waals surface area contributed by atoms with E-state index in [9.17, 15) is 0 Å². The van der Waals surface area contributed by atoms with Gasteiger partial charge in [0, 0.05) is 0 Å². The van der Waals surface area contributed by atoms with Crippen LogP contribution in [0.3, 0.4) is 0 Å². The van der Waals surface area contributed by atoms with Crippen molar-refractivity contribution in [1.82, 2.24) is 4.90 Å². The van der Waals surface area contributed by atoms with Gasteiger partial charge < -0.3 is 9.64 Å². The van der Waals surface area contributed by atoms with Crippen LogP contribution in [0.5, 0.6) is 5.75 Å². The van der Waals surface area contributed by atoms with E-state index >= 15 is 0 Å². The van der Waals surface area contributed by atoms with E-state index in [1.807, 2.05) is 31.1 Å². The Morgan fingerprint density at radius 2 is 2.06 bits per heavy atom. The van der Waals surface area contributed by atoms with E-state index < -0.39 is 0 Å². The van der Waals surface area contributed by atoms with E-state index in [-0.39, 0.29) is 6.04 Å². The number of rotatable bonds is 6. The van der Waals surface area contributed by atoms with Crippen LogP contribution in [0.2, 0.25) is 0 Å². The minimum atomic E-state index is 0.137. The summed E-state index contributed by atoms with van der Waals surface area (Å²) in [5, 5.41) is 8.77. The first kappa shape index (κ1) is 14.5. The first-order valence-corrected chi connectivity index (χ1v) is 6.30. The van der Waals surface area contributed by atoms with Crippen LogP contribution in [0.15, 0.2) is 24.3 Å². The van der Waals surface area contributed by atoms with Gasteiger partial charge in [-0.2, -0.15) is 5.26 Å². The van der Waals surface area contributed by atoms with Crippen LogP contribution in [0.4, 0.5) is 0 Å². The zero-order valence-electron chi connectivity index (χ0n) is 11.7. The van der Waals surface area contributed by atoms with E-state index in [2.05, 4.69) is 32.0 Å². The van der Waals surface area contributed by atoms with E-state index in [0.717, 1.165) is 5.75 Å². The third-order valence-electron chi connectivity index (χ3n) is 3.02. The van der Waals surface area contributed by atoms with Crippen LogP contribution in [-0.2, 0) is 0 Å². The third kappa shape index (κ3) is 4.38. The molecule has 0 saturated carbocycles. The Labute approximate surface area is 110 Å². The highest BCUT2D eigenvalue weighted by atomic mass is 16.5. The average Bonchev–Trinajstić information content (AvgIpc) is 2.34. The van der Waals surface area contributed by atoms with Gasteiger partial charge in [0.05, 0.1) is 18.5 Å². The molecule has 0 bridgehead atoms. The fourth-order valence-electron chi connectivity index (χ4n) is 1.65. The van der Waals surface area contributed by atoms with Gasteiger partial charge in [0.2, 0.25) is 0 Å². The Hall–Kier alpha value is -1.53. The molecule has 3 nitrogen and oxygen atoms in total. The maximum atomic E-state index is 8.77. The van der Waals surface area contributed by atoms with Gasteiger partial charge in [0.15, 0.2) is 0 Å². The van der Waals surface area contributed by atoms with Gasteiger partial charge in [0.25, 0.3) is 0 Å². The van der Waals surface area contributed by atoms with Gasteiger partial charge in [-0.05, 0) is 37.7 Å². The van der Waals surface area contributed by atoms with E-state index in [1.54, 1.807) is 0 Å². The molecule has 18 heavy (non-hydrogen) atoms. The monoisotopic (exact) mass is 246 g/mol. The van der Waals surface area contributed by atoms with Crippen molar-refractivity contribution in [1.29, 1.82) is 5.26 Å². The van der Waals surface area contributed by atoms with Gasteiger partial charge >= 0.3 is 0 Å². The van der Waals surface area contributed by atoms with Gasteiger partial charge in [-0.1, -0.05) is 26.0 Å². The second kappa shape index (κ2) is 7.03. The van der Waals surface area contributed by atoms with Crippen molar-refractivity contribution in [2.75, 3.05) is 20.7 Å². The minimum absolute atomic E-state index is 0.137. The smallest absolute Gasteiger partial charge is 0.119 e. The Balaban J connectivity index is 2.62. The fraction of sp³-hybridized carbons (Fsp3) is 0.533. The van der Waals surface area contributed by atoms with Gasteiger partial charge in [-0.25, -0.2) is 0 Å². The van der Waals surface area contributed by atoms with Crippen molar-refractivity contribution < 1.29 is 4.74 Å². The second-order valence-electron chi connectivity index (χ2n) is 5.02. The van der Waals surface area contributed by atoms with E-state index in [1.165, 1.54) is 5.56 Å². The summed E-state index contributed by atoms with van der Waals surface area (Å²) in [4.78, 5) is 2.02. The maximum Gasteiger partial charge on any atom is 0.119 e. The lowest BCUT2D eigenvalue weighted by molar-refractivity contribution is 0.188. The molecule has 0 aliphatic carbocycles. The van der Waals surface area contributed by atoms with Crippen LogP contribution < -0.4 is 4.74 Å². The van der Waals surface area contributed by atoms with Crippen molar-refractivity contribution in [3.05, 3.63) is 29.8 Å². The van der Waals surface area contributed by atoms with Gasteiger partial charge in [0.1, 0.15) is 12.4 Å². The number of nitrogens with zero attached hydrogens (tertiary/aromatic N) is 2. The molecule has 1 aromatic rings. The molecule has 1 unspecified atom stereocenters. The molecule has 1 atom stereocenters. The first-order valence-electron chi connectivity index (χ1n) is 6.30. The van der Waals surface area contributed by atoms with E-state index in [0.29, 0.717) is 18.9 Å². The Morgan fingerprint density at radius 1 is 1.33 bits per heavy atom. The third-order valence-corrected chi connectivity index (χ3v) is 3.02. The summed E-state index contributed by atoms with van der Waals surface area (Å²) in [7, 11) is 3.94. The van der Waals surface area contributed by atoms with Crippen LogP contribution >= 0.6 is 0 Å². The summed E-state index contributed by atoms with van der Waals surface area (Å²) >= 11 is 0. The molecule has 0 spiro atoms. The highest BCUT2D eigenvalue weighted by Crippen LogP contribution is 2.20. The molecule has 0 aliphatic heterocycles. The first-order chi connectivity index (χ1) is 8.54. The lowest BCUT2D eigenvalue weighted by Crippen LogP contribution is -2.33. The Kier molecular flexibility index (Phi) is 5.67. The number of nitriles is 1. The van der Waals surface area contributed by atoms with Crippen molar-refractivity contribution >= 4 is 0 Å². The lowest BCUT2D eigenvalue weighted by Gasteiger charge is -2.22. The summed E-state index contributed by atoms with van der Waals surface area (Å²) in [6.45, 7) is 4.87. The molecule has 0 N–H and O–H groups in total. The Morgan fingerprint density at radius 3 is 2.61 bits per heavy atom.